The third-order valence-electron chi connectivity index (χ3n) is 2.61. The Balaban J connectivity index is 2.56. The van der Waals surface area contributed by atoms with Crippen molar-refractivity contribution in [3.05, 3.63) is 24.0 Å². The summed E-state index contributed by atoms with van der Waals surface area (Å²) in [7, 11) is 0. The maximum absolute atomic E-state index is 8.75. The molecular weight excluding hydrogens is 188 g/mol. The topological polar surface area (TPSA) is 37.2 Å². The van der Waals surface area contributed by atoms with Crippen molar-refractivity contribution in [1.82, 2.24) is 9.88 Å². The van der Waals surface area contributed by atoms with Gasteiger partial charge in [-0.15, -0.1) is 0 Å². The lowest BCUT2D eigenvalue weighted by Crippen LogP contribution is -2.19. The molecule has 0 aromatic carbocycles. The normalized spacial score (nSPS) is 13.0. The maximum atomic E-state index is 8.75. The molecule has 1 unspecified atom stereocenters. The van der Waals surface area contributed by atoms with Crippen LogP contribution >= 0.6 is 0 Å². The van der Waals surface area contributed by atoms with E-state index in [1.54, 1.807) is 0 Å². The van der Waals surface area contributed by atoms with Gasteiger partial charge >= 0.3 is 0 Å². The van der Waals surface area contributed by atoms with Crippen LogP contribution in [0.2, 0.25) is 0 Å². The molecule has 0 aliphatic rings. The fourth-order valence-corrected chi connectivity index (χ4v) is 1.80. The number of aliphatic hydroxyl groups excluding tert-OH is 1. The van der Waals surface area contributed by atoms with E-state index in [1.165, 1.54) is 5.56 Å². The van der Waals surface area contributed by atoms with Gasteiger partial charge in [-0.3, -0.25) is 0 Å². The highest BCUT2D eigenvalue weighted by molar-refractivity contribution is 5.15. The molecule has 3 nitrogen and oxygen atoms in total. The smallest absolute Gasteiger partial charge is 0.0448 e. The predicted molar refractivity (Wildman–Crippen MR) is 62.8 cm³/mol. The lowest BCUT2D eigenvalue weighted by molar-refractivity contribution is 0.280. The average molecular weight is 210 g/mol. The third-order valence-corrected chi connectivity index (χ3v) is 2.61. The second-order valence-corrected chi connectivity index (χ2v) is 3.78. The Morgan fingerprint density at radius 3 is 2.87 bits per heavy atom. The zero-order valence-corrected chi connectivity index (χ0v) is 9.74. The minimum absolute atomic E-state index is 0.262. The summed E-state index contributed by atoms with van der Waals surface area (Å²) >= 11 is 0. The maximum Gasteiger partial charge on any atom is 0.0448 e. The summed E-state index contributed by atoms with van der Waals surface area (Å²) in [5.74, 6) is 0. The van der Waals surface area contributed by atoms with E-state index in [4.69, 9.17) is 5.11 Å². The van der Waals surface area contributed by atoms with Gasteiger partial charge in [-0.2, -0.15) is 0 Å². The highest BCUT2D eigenvalue weighted by Crippen LogP contribution is 2.16. The monoisotopic (exact) mass is 210 g/mol. The highest BCUT2D eigenvalue weighted by atomic mass is 16.3. The summed E-state index contributed by atoms with van der Waals surface area (Å²) in [5.41, 5.74) is 1.34. The third kappa shape index (κ3) is 3.68. The van der Waals surface area contributed by atoms with Crippen LogP contribution < -0.4 is 5.32 Å². The Kier molecular flexibility index (Phi) is 5.43. The lowest BCUT2D eigenvalue weighted by Gasteiger charge is -2.13. The molecule has 1 rings (SSSR count). The molecule has 0 aliphatic carbocycles. The summed E-state index contributed by atoms with van der Waals surface area (Å²) in [6.45, 7) is 6.49. The molecule has 0 amide bonds. The van der Waals surface area contributed by atoms with Gasteiger partial charge in [-0.25, -0.2) is 0 Å². The van der Waals surface area contributed by atoms with E-state index >= 15 is 0 Å². The van der Waals surface area contributed by atoms with E-state index in [0.29, 0.717) is 6.04 Å². The first-order valence-electron chi connectivity index (χ1n) is 5.81. The second kappa shape index (κ2) is 6.64. The first-order chi connectivity index (χ1) is 7.31. The van der Waals surface area contributed by atoms with E-state index in [2.05, 4.69) is 42.2 Å². The van der Waals surface area contributed by atoms with Gasteiger partial charge in [0.2, 0.25) is 0 Å². The van der Waals surface area contributed by atoms with Crippen LogP contribution in [0.3, 0.4) is 0 Å². The molecule has 3 heteroatoms. The van der Waals surface area contributed by atoms with Crippen LogP contribution in [0.15, 0.2) is 18.5 Å². The van der Waals surface area contributed by atoms with Crippen molar-refractivity contribution >= 4 is 0 Å². The van der Waals surface area contributed by atoms with Gasteiger partial charge in [0.05, 0.1) is 0 Å². The van der Waals surface area contributed by atoms with Gasteiger partial charge in [0.1, 0.15) is 0 Å². The van der Waals surface area contributed by atoms with Crippen LogP contribution in [-0.2, 0) is 6.54 Å². The lowest BCUT2D eigenvalue weighted by atomic mass is 10.1. The Morgan fingerprint density at radius 2 is 2.27 bits per heavy atom. The number of aliphatic hydroxyl groups is 1. The number of aryl methyl sites for hydroxylation is 1. The molecule has 0 spiro atoms. The molecule has 0 aliphatic heterocycles. The zero-order chi connectivity index (χ0) is 11.1. The van der Waals surface area contributed by atoms with Crippen molar-refractivity contribution in [2.45, 2.75) is 39.3 Å². The van der Waals surface area contributed by atoms with Crippen LogP contribution in [0, 0.1) is 0 Å². The van der Waals surface area contributed by atoms with Crippen molar-refractivity contribution in [1.29, 1.82) is 0 Å². The number of hydrogen-bond donors (Lipinski definition) is 2. The predicted octanol–water partition coefficient (Wildman–Crippen LogP) is 1.93. The molecule has 0 saturated heterocycles. The molecule has 0 bridgehead atoms. The quantitative estimate of drug-likeness (QED) is 0.721. The Labute approximate surface area is 92.1 Å². The van der Waals surface area contributed by atoms with Gasteiger partial charge in [0, 0.05) is 31.6 Å². The van der Waals surface area contributed by atoms with Crippen molar-refractivity contribution in [2.75, 3.05) is 13.2 Å². The Bertz CT molecular complexity index is 270. The van der Waals surface area contributed by atoms with Crippen LogP contribution in [-0.4, -0.2) is 22.8 Å². The molecular formula is C12H22N2O. The summed E-state index contributed by atoms with van der Waals surface area (Å²) in [5, 5.41) is 12.2. The van der Waals surface area contributed by atoms with Crippen molar-refractivity contribution in [2.24, 2.45) is 0 Å². The summed E-state index contributed by atoms with van der Waals surface area (Å²) in [6, 6.07) is 2.62. The fraction of sp³-hybridized carbons (Fsp3) is 0.667. The first-order valence-corrected chi connectivity index (χ1v) is 5.81. The summed E-state index contributed by atoms with van der Waals surface area (Å²) < 4.78 is 2.14. The molecule has 1 aromatic rings. The van der Waals surface area contributed by atoms with Gasteiger partial charge in [0.25, 0.3) is 0 Å². The van der Waals surface area contributed by atoms with E-state index in [1.807, 2.05) is 0 Å². The zero-order valence-electron chi connectivity index (χ0n) is 9.74. The molecule has 15 heavy (non-hydrogen) atoms. The number of aromatic nitrogens is 1. The number of rotatable bonds is 7. The fourth-order valence-electron chi connectivity index (χ4n) is 1.80. The Morgan fingerprint density at radius 1 is 1.47 bits per heavy atom. The van der Waals surface area contributed by atoms with Crippen LogP contribution in [0.25, 0.3) is 0 Å². The number of nitrogens with one attached hydrogen (secondary N) is 1. The van der Waals surface area contributed by atoms with E-state index in [9.17, 15) is 0 Å². The molecule has 0 radical (unpaired) electrons. The molecule has 2 N–H and O–H groups in total. The van der Waals surface area contributed by atoms with E-state index < -0.39 is 0 Å². The minimum Gasteiger partial charge on any atom is -0.396 e. The standard InChI is InChI=1S/C12H22N2O/c1-3-12(13-4-2)11-6-8-14(10-11)7-5-9-15/h6,8,10,12-13,15H,3-5,7,9H2,1-2H3. The number of hydrogen-bond acceptors (Lipinski definition) is 2. The van der Waals surface area contributed by atoms with Crippen molar-refractivity contribution < 1.29 is 5.11 Å². The molecule has 0 fully saturated rings. The highest BCUT2D eigenvalue weighted by Gasteiger charge is 2.08. The van der Waals surface area contributed by atoms with Crippen LogP contribution in [0.1, 0.15) is 38.3 Å². The van der Waals surface area contributed by atoms with Crippen molar-refractivity contribution in [3.8, 4) is 0 Å². The first kappa shape index (κ1) is 12.3. The summed E-state index contributed by atoms with van der Waals surface area (Å²) in [4.78, 5) is 0. The van der Waals surface area contributed by atoms with Gasteiger partial charge in [-0.1, -0.05) is 13.8 Å². The van der Waals surface area contributed by atoms with Gasteiger partial charge in [-0.05, 0) is 31.0 Å². The molecule has 0 saturated carbocycles. The molecule has 1 atom stereocenters. The Hall–Kier alpha value is -0.800. The van der Waals surface area contributed by atoms with Gasteiger partial charge in [0.15, 0.2) is 0 Å². The number of nitrogens with zero attached hydrogens (tertiary/aromatic N) is 1. The SMILES string of the molecule is CCNC(CC)c1ccn(CCCO)c1. The average Bonchev–Trinajstić information content (AvgIpc) is 2.71. The van der Waals surface area contributed by atoms with E-state index in [-0.39, 0.29) is 6.61 Å². The van der Waals surface area contributed by atoms with E-state index in [0.717, 1.165) is 25.9 Å². The summed E-state index contributed by atoms with van der Waals surface area (Å²) in [6.07, 6.45) is 6.20. The van der Waals surface area contributed by atoms with Gasteiger partial charge < -0.3 is 15.0 Å². The molecule has 1 heterocycles. The van der Waals surface area contributed by atoms with Crippen LogP contribution in [0.4, 0.5) is 0 Å². The minimum atomic E-state index is 0.262. The van der Waals surface area contributed by atoms with Crippen LogP contribution in [0.5, 0.6) is 0 Å². The molecule has 86 valence electrons. The largest absolute Gasteiger partial charge is 0.396 e. The second-order valence-electron chi connectivity index (χ2n) is 3.78. The van der Waals surface area contributed by atoms with Crippen molar-refractivity contribution in [3.63, 3.8) is 0 Å². The molecule has 1 aromatic heterocycles.